The lowest BCUT2D eigenvalue weighted by atomic mass is 10.1. The number of benzene rings is 2. The molecule has 25 heavy (non-hydrogen) atoms. The van der Waals surface area contributed by atoms with Crippen molar-refractivity contribution in [2.24, 2.45) is 0 Å². The number of hydrogen-bond acceptors (Lipinski definition) is 3. The van der Waals surface area contributed by atoms with Crippen molar-refractivity contribution >= 4 is 16.8 Å². The first-order valence-corrected chi connectivity index (χ1v) is 8.23. The summed E-state index contributed by atoms with van der Waals surface area (Å²) >= 11 is 0. The Morgan fingerprint density at radius 3 is 2.68 bits per heavy atom. The predicted molar refractivity (Wildman–Crippen MR) is 98.5 cm³/mol. The molecule has 1 amide bonds. The Balaban J connectivity index is 1.74. The van der Waals surface area contributed by atoms with E-state index in [4.69, 9.17) is 0 Å². The Hall–Kier alpha value is -2.95. The van der Waals surface area contributed by atoms with E-state index in [9.17, 15) is 9.59 Å². The van der Waals surface area contributed by atoms with Gasteiger partial charge < -0.3 is 5.32 Å². The van der Waals surface area contributed by atoms with E-state index >= 15 is 0 Å². The third kappa shape index (κ3) is 3.60. The van der Waals surface area contributed by atoms with Gasteiger partial charge in [0.2, 0.25) is 5.91 Å². The molecule has 0 atom stereocenters. The minimum atomic E-state index is -0.212. The first kappa shape index (κ1) is 16.9. The lowest BCUT2D eigenvalue weighted by Crippen LogP contribution is -2.32. The highest BCUT2D eigenvalue weighted by atomic mass is 16.2. The molecular formula is C20H21N3O2. The predicted octanol–water partition coefficient (Wildman–Crippen LogP) is 2.64. The van der Waals surface area contributed by atoms with Crippen LogP contribution in [0, 0.1) is 20.8 Å². The highest BCUT2D eigenvalue weighted by molar-refractivity contribution is 5.81. The molecule has 0 radical (unpaired) electrons. The van der Waals surface area contributed by atoms with Crippen LogP contribution in [0.3, 0.4) is 0 Å². The second-order valence-corrected chi connectivity index (χ2v) is 6.36. The molecule has 0 fully saturated rings. The summed E-state index contributed by atoms with van der Waals surface area (Å²) < 4.78 is 1.35. The molecule has 0 aliphatic carbocycles. The number of aryl methyl sites for hydroxylation is 3. The molecule has 5 heteroatoms. The van der Waals surface area contributed by atoms with E-state index in [1.807, 2.05) is 45.0 Å². The van der Waals surface area contributed by atoms with Gasteiger partial charge in [-0.05, 0) is 43.5 Å². The summed E-state index contributed by atoms with van der Waals surface area (Å²) in [6.45, 7) is 6.38. The lowest BCUT2D eigenvalue weighted by Gasteiger charge is -2.10. The maximum atomic E-state index is 12.5. The van der Waals surface area contributed by atoms with Gasteiger partial charge in [0.1, 0.15) is 6.54 Å². The number of amides is 1. The monoisotopic (exact) mass is 335 g/mol. The van der Waals surface area contributed by atoms with E-state index in [-0.39, 0.29) is 18.0 Å². The molecule has 0 aliphatic rings. The largest absolute Gasteiger partial charge is 0.350 e. The summed E-state index contributed by atoms with van der Waals surface area (Å²) in [6.07, 6.45) is 1.44. The van der Waals surface area contributed by atoms with Crippen molar-refractivity contribution in [2.45, 2.75) is 33.9 Å². The summed E-state index contributed by atoms with van der Waals surface area (Å²) in [5, 5.41) is 3.40. The Bertz CT molecular complexity index is 1010. The molecule has 0 aliphatic heterocycles. The summed E-state index contributed by atoms with van der Waals surface area (Å²) in [6, 6.07) is 11.6. The molecule has 0 saturated carbocycles. The molecular weight excluding hydrogens is 314 g/mol. The average Bonchev–Trinajstić information content (AvgIpc) is 2.57. The van der Waals surface area contributed by atoms with Gasteiger partial charge >= 0.3 is 0 Å². The molecule has 3 aromatic rings. The molecule has 0 bridgehead atoms. The maximum Gasteiger partial charge on any atom is 0.261 e. The highest BCUT2D eigenvalue weighted by Crippen LogP contribution is 2.11. The number of fused-ring (bicyclic) bond motifs is 1. The van der Waals surface area contributed by atoms with Crippen molar-refractivity contribution in [1.82, 2.24) is 14.9 Å². The topological polar surface area (TPSA) is 64.0 Å². The van der Waals surface area contributed by atoms with E-state index < -0.39 is 0 Å². The highest BCUT2D eigenvalue weighted by Gasteiger charge is 2.09. The van der Waals surface area contributed by atoms with Crippen molar-refractivity contribution < 1.29 is 4.79 Å². The summed E-state index contributed by atoms with van der Waals surface area (Å²) in [7, 11) is 0. The van der Waals surface area contributed by atoms with Crippen LogP contribution in [0.15, 0.2) is 47.5 Å². The molecule has 128 valence electrons. The van der Waals surface area contributed by atoms with Crippen molar-refractivity contribution in [2.75, 3.05) is 0 Å². The maximum absolute atomic E-state index is 12.5. The van der Waals surface area contributed by atoms with Crippen molar-refractivity contribution in [1.29, 1.82) is 0 Å². The molecule has 0 saturated heterocycles. The smallest absolute Gasteiger partial charge is 0.261 e. The van der Waals surface area contributed by atoms with Crippen LogP contribution >= 0.6 is 0 Å². The van der Waals surface area contributed by atoms with Gasteiger partial charge in [-0.3, -0.25) is 14.2 Å². The fraction of sp³-hybridized carbons (Fsp3) is 0.250. The van der Waals surface area contributed by atoms with Crippen LogP contribution < -0.4 is 10.9 Å². The minimum absolute atomic E-state index is 0.0410. The Morgan fingerprint density at radius 2 is 1.92 bits per heavy atom. The molecule has 1 N–H and O–H groups in total. The molecule has 3 rings (SSSR count). The van der Waals surface area contributed by atoms with Crippen LogP contribution in [0.5, 0.6) is 0 Å². The Kier molecular flexibility index (Phi) is 4.65. The molecule has 5 nitrogen and oxygen atoms in total. The van der Waals surface area contributed by atoms with E-state index in [0.29, 0.717) is 17.4 Å². The van der Waals surface area contributed by atoms with Crippen LogP contribution in [-0.4, -0.2) is 15.5 Å². The van der Waals surface area contributed by atoms with Gasteiger partial charge in [0.15, 0.2) is 0 Å². The summed E-state index contributed by atoms with van der Waals surface area (Å²) in [5.74, 6) is -0.212. The van der Waals surface area contributed by atoms with Gasteiger partial charge in [-0.2, -0.15) is 0 Å². The molecule has 1 aromatic heterocycles. The molecule has 1 heterocycles. The van der Waals surface area contributed by atoms with E-state index in [0.717, 1.165) is 16.7 Å². The number of para-hydroxylation sites is 1. The van der Waals surface area contributed by atoms with Crippen LogP contribution in [0.4, 0.5) is 0 Å². The summed E-state index contributed by atoms with van der Waals surface area (Å²) in [5.41, 5.74) is 4.83. The van der Waals surface area contributed by atoms with Gasteiger partial charge in [0, 0.05) is 6.54 Å². The molecule has 2 aromatic carbocycles. The van der Waals surface area contributed by atoms with Gasteiger partial charge in [-0.1, -0.05) is 35.9 Å². The minimum Gasteiger partial charge on any atom is -0.350 e. The number of aromatic nitrogens is 2. The second-order valence-electron chi connectivity index (χ2n) is 6.36. The third-order valence-electron chi connectivity index (χ3n) is 4.34. The molecule has 0 spiro atoms. The number of carbonyl (C=O) groups is 1. The third-order valence-corrected chi connectivity index (χ3v) is 4.34. The average molecular weight is 335 g/mol. The first-order chi connectivity index (χ1) is 12.0. The number of nitrogens with one attached hydrogen (secondary N) is 1. The number of rotatable bonds is 4. The zero-order chi connectivity index (χ0) is 18.0. The van der Waals surface area contributed by atoms with Crippen LogP contribution in [0.1, 0.15) is 22.3 Å². The fourth-order valence-corrected chi connectivity index (χ4v) is 2.90. The number of nitrogens with zero attached hydrogens (tertiary/aromatic N) is 2. The summed E-state index contributed by atoms with van der Waals surface area (Å²) in [4.78, 5) is 29.1. The van der Waals surface area contributed by atoms with Gasteiger partial charge in [-0.25, -0.2) is 4.98 Å². The van der Waals surface area contributed by atoms with Crippen LogP contribution in [0.2, 0.25) is 0 Å². The zero-order valence-corrected chi connectivity index (χ0v) is 14.7. The zero-order valence-electron chi connectivity index (χ0n) is 14.7. The van der Waals surface area contributed by atoms with Gasteiger partial charge in [-0.15, -0.1) is 0 Å². The van der Waals surface area contributed by atoms with Crippen LogP contribution in [-0.2, 0) is 17.9 Å². The Morgan fingerprint density at radius 1 is 1.12 bits per heavy atom. The first-order valence-electron chi connectivity index (χ1n) is 8.23. The number of hydrogen-bond donors (Lipinski definition) is 1. The normalized spacial score (nSPS) is 10.8. The quantitative estimate of drug-likeness (QED) is 0.797. The van der Waals surface area contributed by atoms with Crippen molar-refractivity contribution in [3.63, 3.8) is 0 Å². The van der Waals surface area contributed by atoms with Gasteiger partial charge in [0.05, 0.1) is 17.2 Å². The Labute approximate surface area is 146 Å². The second kappa shape index (κ2) is 6.89. The SMILES string of the molecule is Cc1ccc(CNC(=O)Cn2cnc3c(C)cccc3c2=O)c(C)c1. The van der Waals surface area contributed by atoms with Crippen molar-refractivity contribution in [3.8, 4) is 0 Å². The standard InChI is InChI=1S/C20H21N3O2/c1-13-7-8-16(15(3)9-13)10-21-18(24)11-23-12-22-19-14(2)5-4-6-17(19)20(23)25/h4-9,12H,10-11H2,1-3H3,(H,21,24). The number of carbonyl (C=O) groups excluding carboxylic acids is 1. The molecule has 0 unspecified atom stereocenters. The lowest BCUT2D eigenvalue weighted by molar-refractivity contribution is -0.121. The van der Waals surface area contributed by atoms with E-state index in [2.05, 4.69) is 16.4 Å². The van der Waals surface area contributed by atoms with Crippen molar-refractivity contribution in [3.05, 3.63) is 75.3 Å². The van der Waals surface area contributed by atoms with E-state index in [1.54, 1.807) is 6.07 Å². The fourth-order valence-electron chi connectivity index (χ4n) is 2.90. The van der Waals surface area contributed by atoms with E-state index in [1.165, 1.54) is 16.5 Å². The van der Waals surface area contributed by atoms with Crippen LogP contribution in [0.25, 0.3) is 10.9 Å². The van der Waals surface area contributed by atoms with Gasteiger partial charge in [0.25, 0.3) is 5.56 Å².